The van der Waals surface area contributed by atoms with Gasteiger partial charge >= 0.3 is 0 Å². The largest absolute Gasteiger partial charge is 0.269 e. The zero-order valence-corrected chi connectivity index (χ0v) is 14.5. The summed E-state index contributed by atoms with van der Waals surface area (Å²) in [6.45, 7) is 0.221. The molecule has 6 nitrogen and oxygen atoms in total. The van der Waals surface area contributed by atoms with Gasteiger partial charge in [-0.15, -0.1) is 0 Å². The molecule has 0 amide bonds. The molecule has 0 saturated carbocycles. The molecular formula is C19H14N2O4S. The summed E-state index contributed by atoms with van der Waals surface area (Å²) in [5.41, 5.74) is 1.42. The first-order chi connectivity index (χ1) is 12.5. The molecule has 1 aliphatic heterocycles. The second-order valence-electron chi connectivity index (χ2n) is 5.49. The van der Waals surface area contributed by atoms with Crippen molar-refractivity contribution in [1.82, 2.24) is 4.31 Å². The molecule has 0 atom stereocenters. The quantitative estimate of drug-likeness (QED) is 0.475. The summed E-state index contributed by atoms with van der Waals surface area (Å²) < 4.78 is 26.9. The summed E-state index contributed by atoms with van der Waals surface area (Å²) >= 11 is 0. The Bertz CT molecular complexity index is 1070. The minimum Gasteiger partial charge on any atom is -0.258 e. The fourth-order valence-corrected chi connectivity index (χ4v) is 3.78. The topological polar surface area (TPSA) is 80.5 Å². The van der Waals surface area contributed by atoms with Crippen LogP contribution in [0.4, 0.5) is 5.69 Å². The Kier molecular flexibility index (Phi) is 5.04. The molecule has 0 unspecified atom stereocenters. The second kappa shape index (κ2) is 7.40. The van der Waals surface area contributed by atoms with E-state index >= 15 is 0 Å². The molecule has 2 aromatic rings. The van der Waals surface area contributed by atoms with Gasteiger partial charge in [0.25, 0.3) is 5.69 Å². The fourth-order valence-electron chi connectivity index (χ4n) is 2.44. The number of nitro groups is 1. The minimum absolute atomic E-state index is 0.00433. The minimum atomic E-state index is -3.81. The molecule has 7 heteroatoms. The molecule has 130 valence electrons. The Morgan fingerprint density at radius 1 is 0.962 bits per heavy atom. The molecule has 0 aliphatic carbocycles. The van der Waals surface area contributed by atoms with E-state index < -0.39 is 14.9 Å². The van der Waals surface area contributed by atoms with Gasteiger partial charge in [0.1, 0.15) is 0 Å². The van der Waals surface area contributed by atoms with Crippen LogP contribution in [-0.4, -0.2) is 30.7 Å². The molecule has 0 radical (unpaired) electrons. The van der Waals surface area contributed by atoms with E-state index in [0.29, 0.717) is 6.42 Å². The molecule has 1 heterocycles. The van der Waals surface area contributed by atoms with Crippen LogP contribution in [0.5, 0.6) is 0 Å². The number of non-ortho nitro benzene ring substituents is 1. The van der Waals surface area contributed by atoms with E-state index in [0.717, 1.165) is 11.1 Å². The van der Waals surface area contributed by atoms with E-state index in [9.17, 15) is 18.5 Å². The number of nitro benzene ring substituents is 1. The average Bonchev–Trinajstić information content (AvgIpc) is 2.65. The van der Waals surface area contributed by atoms with Crippen molar-refractivity contribution in [1.29, 1.82) is 0 Å². The van der Waals surface area contributed by atoms with Crippen LogP contribution in [0.2, 0.25) is 0 Å². The molecule has 0 N–H and O–H groups in total. The Hall–Kier alpha value is -3.13. The van der Waals surface area contributed by atoms with Crippen LogP contribution in [0.15, 0.2) is 53.4 Å². The van der Waals surface area contributed by atoms with Crippen molar-refractivity contribution in [2.45, 2.75) is 11.3 Å². The van der Waals surface area contributed by atoms with E-state index in [-0.39, 0.29) is 23.7 Å². The monoisotopic (exact) mass is 366 g/mol. The van der Waals surface area contributed by atoms with Gasteiger partial charge in [-0.05, 0) is 24.3 Å². The summed E-state index contributed by atoms with van der Waals surface area (Å²) in [6, 6.07) is 12.3. The Morgan fingerprint density at radius 3 is 2.19 bits per heavy atom. The lowest BCUT2D eigenvalue weighted by Gasteiger charge is -2.19. The average molecular weight is 366 g/mol. The highest BCUT2D eigenvalue weighted by atomic mass is 32.2. The van der Waals surface area contributed by atoms with Crippen LogP contribution < -0.4 is 0 Å². The molecule has 2 aromatic carbocycles. The van der Waals surface area contributed by atoms with Gasteiger partial charge in [0, 0.05) is 36.2 Å². The van der Waals surface area contributed by atoms with Crippen LogP contribution in [0.3, 0.4) is 0 Å². The predicted molar refractivity (Wildman–Crippen MR) is 96.7 cm³/mol. The van der Waals surface area contributed by atoms with Gasteiger partial charge in [0.15, 0.2) is 0 Å². The number of rotatable bonds is 3. The molecule has 0 bridgehead atoms. The third-order valence-corrected chi connectivity index (χ3v) is 5.66. The normalized spacial score (nSPS) is 14.2. The maximum absolute atomic E-state index is 12.8. The highest BCUT2D eigenvalue weighted by molar-refractivity contribution is 7.89. The standard InChI is InChI=1S/C19H14N2O4S/c22-21(23)18-10-12-19(13-11-18)26(24,25)20-14-4-3-8-16-6-1-2-7-17(16)9-5-15-20/h1-2,6-7,10-13H,4,14-15H2. The Labute approximate surface area is 151 Å². The number of hydrogen-bond donors (Lipinski definition) is 0. The van der Waals surface area contributed by atoms with E-state index in [1.54, 1.807) is 0 Å². The van der Waals surface area contributed by atoms with Gasteiger partial charge in [0.2, 0.25) is 10.0 Å². The number of sulfonamides is 1. The Balaban J connectivity index is 1.90. The molecule has 0 aromatic heterocycles. The number of hydrogen-bond acceptors (Lipinski definition) is 4. The molecule has 3 rings (SSSR count). The van der Waals surface area contributed by atoms with Gasteiger partial charge in [0.05, 0.1) is 16.4 Å². The van der Waals surface area contributed by atoms with Crippen molar-refractivity contribution in [3.05, 3.63) is 69.8 Å². The fraction of sp³-hybridized carbons (Fsp3) is 0.158. The molecule has 1 aliphatic rings. The van der Waals surface area contributed by atoms with Gasteiger partial charge in [-0.2, -0.15) is 4.31 Å². The summed E-state index contributed by atoms with van der Waals surface area (Å²) in [5.74, 6) is 11.8. The molecule has 0 spiro atoms. The van der Waals surface area contributed by atoms with Crippen LogP contribution in [0.1, 0.15) is 17.5 Å². The van der Waals surface area contributed by atoms with Crippen molar-refractivity contribution in [2.75, 3.05) is 13.1 Å². The van der Waals surface area contributed by atoms with Gasteiger partial charge < -0.3 is 0 Å². The first kappa shape index (κ1) is 17.7. The zero-order chi connectivity index (χ0) is 18.6. The maximum Gasteiger partial charge on any atom is 0.269 e. The van der Waals surface area contributed by atoms with E-state index in [1.807, 2.05) is 24.3 Å². The van der Waals surface area contributed by atoms with E-state index in [1.165, 1.54) is 28.6 Å². The van der Waals surface area contributed by atoms with Crippen molar-refractivity contribution < 1.29 is 13.3 Å². The van der Waals surface area contributed by atoms with Crippen molar-refractivity contribution in [3.63, 3.8) is 0 Å². The highest BCUT2D eigenvalue weighted by Crippen LogP contribution is 2.20. The third-order valence-electron chi connectivity index (χ3n) is 3.80. The Morgan fingerprint density at radius 2 is 1.58 bits per heavy atom. The number of benzene rings is 2. The summed E-state index contributed by atoms with van der Waals surface area (Å²) in [4.78, 5) is 10.2. The summed E-state index contributed by atoms with van der Waals surface area (Å²) in [6.07, 6.45) is 0.363. The first-order valence-electron chi connectivity index (χ1n) is 7.80. The van der Waals surface area contributed by atoms with Gasteiger partial charge in [-0.25, -0.2) is 8.42 Å². The molecule has 26 heavy (non-hydrogen) atoms. The van der Waals surface area contributed by atoms with Crippen molar-refractivity contribution in [3.8, 4) is 23.7 Å². The molecular weight excluding hydrogens is 352 g/mol. The van der Waals surface area contributed by atoms with Crippen LogP contribution in [0.25, 0.3) is 0 Å². The zero-order valence-electron chi connectivity index (χ0n) is 13.7. The third kappa shape index (κ3) is 3.75. The highest BCUT2D eigenvalue weighted by Gasteiger charge is 2.24. The summed E-state index contributed by atoms with van der Waals surface area (Å²) in [5, 5.41) is 10.7. The van der Waals surface area contributed by atoms with E-state index in [4.69, 9.17) is 0 Å². The van der Waals surface area contributed by atoms with Gasteiger partial charge in [-0.3, -0.25) is 10.1 Å². The molecule has 0 saturated heterocycles. The van der Waals surface area contributed by atoms with Crippen molar-refractivity contribution >= 4 is 15.7 Å². The predicted octanol–water partition coefficient (Wildman–Crippen LogP) is 2.39. The number of fused-ring (bicyclic) bond motifs is 1. The smallest absolute Gasteiger partial charge is 0.258 e. The lowest BCUT2D eigenvalue weighted by molar-refractivity contribution is -0.384. The second-order valence-corrected chi connectivity index (χ2v) is 7.43. The van der Waals surface area contributed by atoms with E-state index in [2.05, 4.69) is 23.7 Å². The molecule has 0 fully saturated rings. The number of nitrogens with zero attached hydrogens (tertiary/aromatic N) is 2. The van der Waals surface area contributed by atoms with Crippen LogP contribution in [-0.2, 0) is 10.0 Å². The van der Waals surface area contributed by atoms with Crippen molar-refractivity contribution in [2.24, 2.45) is 0 Å². The lowest BCUT2D eigenvalue weighted by Crippen LogP contribution is -2.32. The SMILES string of the molecule is O=[N+]([O-])c1ccc(S(=O)(=O)N2CC#Cc3ccccc3C#CCC2)cc1. The summed E-state index contributed by atoms with van der Waals surface area (Å²) in [7, 11) is -3.81. The first-order valence-corrected chi connectivity index (χ1v) is 9.24. The van der Waals surface area contributed by atoms with Crippen LogP contribution in [0, 0.1) is 33.8 Å². The van der Waals surface area contributed by atoms with Crippen LogP contribution >= 0.6 is 0 Å². The maximum atomic E-state index is 12.8. The lowest BCUT2D eigenvalue weighted by atomic mass is 10.1. The van der Waals surface area contributed by atoms with Gasteiger partial charge in [-0.1, -0.05) is 35.8 Å².